The summed E-state index contributed by atoms with van der Waals surface area (Å²) in [6.45, 7) is 0. The van der Waals surface area contributed by atoms with E-state index in [0.29, 0.717) is 22.6 Å². The molecule has 4 N–H and O–H groups in total. The standard InChI is InChI=1S/C27H21N5O2/c33-26(19-6-2-1-3-7-19)28-20-14-16-22(17-15-20)30-27(34)29-21-12-10-18(11-13-21)25-31-23-8-4-5-9-24(23)32-25/h1-17H,(H,28,33)(H,31,32)(H2,29,30,34). The van der Waals surface area contributed by atoms with Crippen LogP contribution in [0.2, 0.25) is 0 Å². The predicted octanol–water partition coefficient (Wildman–Crippen LogP) is 6.13. The Morgan fingerprint density at radius 2 is 1.18 bits per heavy atom. The first-order valence-corrected chi connectivity index (χ1v) is 10.7. The number of hydrogen-bond donors (Lipinski definition) is 4. The van der Waals surface area contributed by atoms with Crippen LogP contribution in [0.25, 0.3) is 22.4 Å². The Labute approximate surface area is 195 Å². The second kappa shape index (κ2) is 9.30. The first-order chi connectivity index (χ1) is 16.6. The van der Waals surface area contributed by atoms with Gasteiger partial charge >= 0.3 is 6.03 Å². The smallest absolute Gasteiger partial charge is 0.323 e. The summed E-state index contributed by atoms with van der Waals surface area (Å²) < 4.78 is 0. The van der Waals surface area contributed by atoms with E-state index < -0.39 is 0 Å². The van der Waals surface area contributed by atoms with Crippen LogP contribution in [0.4, 0.5) is 21.9 Å². The van der Waals surface area contributed by atoms with Gasteiger partial charge in [0.05, 0.1) is 11.0 Å². The number of nitrogens with one attached hydrogen (secondary N) is 4. The molecule has 34 heavy (non-hydrogen) atoms. The molecule has 3 amide bonds. The van der Waals surface area contributed by atoms with Crippen LogP contribution < -0.4 is 16.0 Å². The number of aromatic nitrogens is 2. The third-order valence-corrected chi connectivity index (χ3v) is 5.24. The molecule has 0 aliphatic rings. The molecule has 7 heteroatoms. The highest BCUT2D eigenvalue weighted by atomic mass is 16.2. The molecule has 166 valence electrons. The predicted molar refractivity (Wildman–Crippen MR) is 135 cm³/mol. The average molecular weight is 447 g/mol. The van der Waals surface area contributed by atoms with Crippen molar-refractivity contribution in [3.63, 3.8) is 0 Å². The van der Waals surface area contributed by atoms with Crippen molar-refractivity contribution in [1.29, 1.82) is 0 Å². The summed E-state index contributed by atoms with van der Waals surface area (Å²) in [6, 6.07) is 30.8. The van der Waals surface area contributed by atoms with Crippen LogP contribution in [0, 0.1) is 0 Å². The Kier molecular flexibility index (Phi) is 5.73. The lowest BCUT2D eigenvalue weighted by Gasteiger charge is -2.09. The molecule has 0 saturated carbocycles. The van der Waals surface area contributed by atoms with Gasteiger partial charge < -0.3 is 20.9 Å². The summed E-state index contributed by atoms with van der Waals surface area (Å²) in [6.07, 6.45) is 0. The number of carbonyl (C=O) groups excluding carboxylic acids is 2. The molecule has 0 atom stereocenters. The molecule has 0 radical (unpaired) electrons. The Bertz CT molecular complexity index is 1410. The van der Waals surface area contributed by atoms with Crippen molar-refractivity contribution < 1.29 is 9.59 Å². The molecule has 4 aromatic carbocycles. The molecule has 1 aromatic heterocycles. The van der Waals surface area contributed by atoms with Gasteiger partial charge in [0, 0.05) is 28.2 Å². The average Bonchev–Trinajstić information content (AvgIpc) is 3.30. The summed E-state index contributed by atoms with van der Waals surface area (Å²) in [5, 5.41) is 8.43. The minimum Gasteiger partial charge on any atom is -0.338 e. The quantitative estimate of drug-likeness (QED) is 0.261. The summed E-state index contributed by atoms with van der Waals surface area (Å²) in [4.78, 5) is 32.5. The molecule has 0 saturated heterocycles. The highest BCUT2D eigenvalue weighted by Gasteiger charge is 2.08. The molecule has 7 nitrogen and oxygen atoms in total. The van der Waals surface area contributed by atoms with Crippen molar-refractivity contribution >= 4 is 40.0 Å². The molecule has 0 unspecified atom stereocenters. The Balaban J connectivity index is 1.17. The summed E-state index contributed by atoms with van der Waals surface area (Å²) >= 11 is 0. The van der Waals surface area contributed by atoms with Crippen molar-refractivity contribution in [2.45, 2.75) is 0 Å². The number of rotatable bonds is 5. The second-order valence-corrected chi connectivity index (χ2v) is 7.66. The topological polar surface area (TPSA) is 98.9 Å². The first kappa shape index (κ1) is 21.0. The van der Waals surface area contributed by atoms with Crippen LogP contribution in [0.1, 0.15) is 10.4 Å². The monoisotopic (exact) mass is 447 g/mol. The molecule has 0 aliphatic carbocycles. The Morgan fingerprint density at radius 1 is 0.618 bits per heavy atom. The lowest BCUT2D eigenvalue weighted by atomic mass is 10.2. The summed E-state index contributed by atoms with van der Waals surface area (Å²) in [7, 11) is 0. The van der Waals surface area contributed by atoms with Crippen LogP contribution in [-0.4, -0.2) is 21.9 Å². The number of amides is 3. The van der Waals surface area contributed by atoms with E-state index in [9.17, 15) is 9.59 Å². The maximum absolute atomic E-state index is 12.4. The molecule has 1 heterocycles. The van der Waals surface area contributed by atoms with Gasteiger partial charge in [0.2, 0.25) is 0 Å². The number of benzene rings is 4. The first-order valence-electron chi connectivity index (χ1n) is 10.7. The molecular formula is C27H21N5O2. The zero-order valence-corrected chi connectivity index (χ0v) is 18.1. The van der Waals surface area contributed by atoms with Crippen LogP contribution in [0.15, 0.2) is 103 Å². The maximum atomic E-state index is 12.4. The van der Waals surface area contributed by atoms with Gasteiger partial charge in [0.15, 0.2) is 0 Å². The van der Waals surface area contributed by atoms with Gasteiger partial charge in [-0.15, -0.1) is 0 Å². The molecule has 0 fully saturated rings. The molecular weight excluding hydrogens is 426 g/mol. The number of nitrogens with zero attached hydrogens (tertiary/aromatic N) is 1. The van der Waals surface area contributed by atoms with Gasteiger partial charge in [-0.05, 0) is 72.8 Å². The van der Waals surface area contributed by atoms with Gasteiger partial charge in [-0.25, -0.2) is 9.78 Å². The van der Waals surface area contributed by atoms with Crippen molar-refractivity contribution in [1.82, 2.24) is 9.97 Å². The fourth-order valence-corrected chi connectivity index (χ4v) is 3.52. The van der Waals surface area contributed by atoms with Crippen LogP contribution in [-0.2, 0) is 0 Å². The zero-order valence-electron chi connectivity index (χ0n) is 18.1. The lowest BCUT2D eigenvalue weighted by Crippen LogP contribution is -2.19. The number of para-hydroxylation sites is 2. The van der Waals surface area contributed by atoms with Crippen LogP contribution in [0.3, 0.4) is 0 Å². The summed E-state index contributed by atoms with van der Waals surface area (Å²) in [5.41, 5.74) is 5.29. The van der Waals surface area contributed by atoms with Crippen molar-refractivity contribution in [3.8, 4) is 11.4 Å². The lowest BCUT2D eigenvalue weighted by molar-refractivity contribution is 0.102. The van der Waals surface area contributed by atoms with Crippen LogP contribution in [0.5, 0.6) is 0 Å². The van der Waals surface area contributed by atoms with Gasteiger partial charge in [0.1, 0.15) is 5.82 Å². The highest BCUT2D eigenvalue weighted by molar-refractivity contribution is 6.04. The van der Waals surface area contributed by atoms with E-state index >= 15 is 0 Å². The number of hydrogen-bond acceptors (Lipinski definition) is 3. The summed E-state index contributed by atoms with van der Waals surface area (Å²) in [5.74, 6) is 0.585. The van der Waals surface area contributed by atoms with E-state index in [4.69, 9.17) is 0 Å². The van der Waals surface area contributed by atoms with Crippen molar-refractivity contribution in [2.24, 2.45) is 0 Å². The number of fused-ring (bicyclic) bond motifs is 1. The van der Waals surface area contributed by atoms with Crippen molar-refractivity contribution in [2.75, 3.05) is 16.0 Å². The van der Waals surface area contributed by atoms with Gasteiger partial charge in [-0.2, -0.15) is 0 Å². The molecule has 0 spiro atoms. The third kappa shape index (κ3) is 4.78. The van der Waals surface area contributed by atoms with E-state index in [1.807, 2.05) is 66.7 Å². The SMILES string of the molecule is O=C(Nc1ccc(NC(=O)c2ccccc2)cc1)Nc1ccc(-c2nc3ccccc3[nH]2)cc1. The normalized spacial score (nSPS) is 10.6. The molecule has 5 rings (SSSR count). The molecule has 5 aromatic rings. The number of imidazole rings is 1. The maximum Gasteiger partial charge on any atom is 0.323 e. The number of aromatic amines is 1. The Morgan fingerprint density at radius 3 is 1.82 bits per heavy atom. The zero-order chi connectivity index (χ0) is 23.3. The van der Waals surface area contributed by atoms with Gasteiger partial charge in [-0.3, -0.25) is 4.79 Å². The van der Waals surface area contributed by atoms with E-state index in [1.54, 1.807) is 36.4 Å². The Hall–Kier alpha value is -4.91. The fraction of sp³-hybridized carbons (Fsp3) is 0. The van der Waals surface area contributed by atoms with E-state index in [1.165, 1.54) is 0 Å². The minimum absolute atomic E-state index is 0.190. The van der Waals surface area contributed by atoms with Crippen molar-refractivity contribution in [3.05, 3.63) is 109 Å². The molecule has 0 aliphatic heterocycles. The highest BCUT2D eigenvalue weighted by Crippen LogP contribution is 2.22. The van der Waals surface area contributed by atoms with Gasteiger partial charge in [-0.1, -0.05) is 30.3 Å². The second-order valence-electron chi connectivity index (χ2n) is 7.66. The third-order valence-electron chi connectivity index (χ3n) is 5.24. The minimum atomic E-state index is -0.363. The number of carbonyl (C=O) groups is 2. The van der Waals surface area contributed by atoms with Crippen LogP contribution >= 0.6 is 0 Å². The number of H-pyrrole nitrogens is 1. The van der Waals surface area contributed by atoms with E-state index in [2.05, 4.69) is 25.9 Å². The number of urea groups is 1. The van der Waals surface area contributed by atoms with E-state index in [-0.39, 0.29) is 11.9 Å². The largest absolute Gasteiger partial charge is 0.338 e. The van der Waals surface area contributed by atoms with E-state index in [0.717, 1.165) is 22.4 Å². The van der Waals surface area contributed by atoms with Gasteiger partial charge in [0.25, 0.3) is 5.91 Å². The molecule has 0 bridgehead atoms. The number of anilines is 3. The fourth-order valence-electron chi connectivity index (χ4n) is 3.52.